The van der Waals surface area contributed by atoms with Gasteiger partial charge in [0.05, 0.1) is 6.61 Å². The molecule has 0 spiro atoms. The zero-order valence-corrected chi connectivity index (χ0v) is 20.6. The fourth-order valence-corrected chi connectivity index (χ4v) is 5.05. The minimum atomic E-state index is -0.924. The van der Waals surface area contributed by atoms with Crippen molar-refractivity contribution in [2.45, 2.75) is 83.5 Å². The molecule has 170 valence electrons. The number of hydrogen-bond donors (Lipinski definition) is 1. The molecule has 0 radical (unpaired) electrons. The molecule has 1 aliphatic rings. The molecule has 2 rings (SSSR count). The number of carboxylic acids is 1. The van der Waals surface area contributed by atoms with Crippen molar-refractivity contribution in [3.63, 3.8) is 0 Å². The normalized spacial score (nSPS) is 16.8. The highest BCUT2D eigenvalue weighted by Crippen LogP contribution is 2.44. The summed E-state index contributed by atoms with van der Waals surface area (Å²) in [6.45, 7) is 11.5. The van der Waals surface area contributed by atoms with Crippen LogP contribution in [0.2, 0.25) is 0 Å². The van der Waals surface area contributed by atoms with E-state index in [1.807, 2.05) is 30.0 Å². The second-order valence-corrected chi connectivity index (χ2v) is 10.2. The van der Waals surface area contributed by atoms with Crippen LogP contribution in [-0.2, 0) is 10.2 Å². The molecule has 0 atom stereocenters. The Morgan fingerprint density at radius 2 is 2.00 bits per heavy atom. The summed E-state index contributed by atoms with van der Waals surface area (Å²) < 4.78 is 6.29. The number of fused-ring (bicyclic) bond motifs is 1. The first-order valence-corrected chi connectivity index (χ1v) is 12.4. The quantitative estimate of drug-likeness (QED) is 0.228. The van der Waals surface area contributed by atoms with E-state index < -0.39 is 5.97 Å². The Morgan fingerprint density at radius 1 is 1.23 bits per heavy atom. The number of rotatable bonds is 10. The van der Waals surface area contributed by atoms with Crippen LogP contribution >= 0.6 is 11.8 Å². The van der Waals surface area contributed by atoms with Gasteiger partial charge < -0.3 is 9.84 Å². The minimum absolute atomic E-state index is 0.143. The fraction of sp³-hybridized carbons (Fsp3) is 0.519. The van der Waals surface area contributed by atoms with E-state index in [4.69, 9.17) is 9.84 Å². The third kappa shape index (κ3) is 7.92. The summed E-state index contributed by atoms with van der Waals surface area (Å²) in [4.78, 5) is 12.2. The van der Waals surface area contributed by atoms with Crippen molar-refractivity contribution in [1.82, 2.24) is 0 Å². The Kier molecular flexibility index (Phi) is 9.95. The lowest BCUT2D eigenvalue weighted by atomic mass is 9.79. The first kappa shape index (κ1) is 25.3. The van der Waals surface area contributed by atoms with Crippen LogP contribution in [0.5, 0.6) is 5.75 Å². The van der Waals surface area contributed by atoms with Gasteiger partial charge in [-0.3, -0.25) is 0 Å². The molecular weight excluding hydrogens is 404 g/mol. The molecule has 0 bridgehead atoms. The van der Waals surface area contributed by atoms with Gasteiger partial charge in [-0.2, -0.15) is 0 Å². The maximum Gasteiger partial charge on any atom is 0.328 e. The van der Waals surface area contributed by atoms with Crippen molar-refractivity contribution in [3.05, 3.63) is 53.1 Å². The summed E-state index contributed by atoms with van der Waals surface area (Å²) in [6, 6.07) is 4.58. The predicted octanol–water partition coefficient (Wildman–Crippen LogP) is 7.80. The Morgan fingerprint density at radius 3 is 2.71 bits per heavy atom. The maximum absolute atomic E-state index is 10.8. The van der Waals surface area contributed by atoms with Crippen LogP contribution in [0.3, 0.4) is 0 Å². The van der Waals surface area contributed by atoms with Gasteiger partial charge in [-0.15, -0.1) is 11.8 Å². The molecule has 0 fully saturated rings. The Balaban J connectivity index is 2.36. The van der Waals surface area contributed by atoms with Crippen LogP contribution in [0.25, 0.3) is 5.57 Å². The van der Waals surface area contributed by atoms with E-state index in [1.165, 1.54) is 48.6 Å². The van der Waals surface area contributed by atoms with E-state index in [-0.39, 0.29) is 5.41 Å². The van der Waals surface area contributed by atoms with Gasteiger partial charge in [0, 0.05) is 16.5 Å². The molecule has 3 nitrogen and oxygen atoms in total. The monoisotopic (exact) mass is 442 g/mol. The van der Waals surface area contributed by atoms with E-state index in [0.717, 1.165) is 35.7 Å². The third-order valence-electron chi connectivity index (χ3n) is 5.75. The molecule has 0 unspecified atom stereocenters. The van der Waals surface area contributed by atoms with Crippen molar-refractivity contribution >= 4 is 23.3 Å². The summed E-state index contributed by atoms with van der Waals surface area (Å²) in [7, 11) is 0. The van der Waals surface area contributed by atoms with Gasteiger partial charge in [-0.05, 0) is 73.1 Å². The van der Waals surface area contributed by atoms with Crippen LogP contribution in [0, 0.1) is 0 Å². The fourth-order valence-electron chi connectivity index (χ4n) is 3.86. The van der Waals surface area contributed by atoms with Crippen LogP contribution in [0.15, 0.2) is 46.9 Å². The summed E-state index contributed by atoms with van der Waals surface area (Å²) in [6.07, 6.45) is 14.2. The summed E-state index contributed by atoms with van der Waals surface area (Å²) >= 11 is 1.94. The highest BCUT2D eigenvalue weighted by molar-refractivity contribution is 7.99. The van der Waals surface area contributed by atoms with E-state index in [2.05, 4.69) is 39.8 Å². The van der Waals surface area contributed by atoms with Gasteiger partial charge in [-0.25, -0.2) is 4.79 Å². The summed E-state index contributed by atoms with van der Waals surface area (Å²) in [5.74, 6) is 1.19. The number of benzene rings is 1. The lowest BCUT2D eigenvalue weighted by Gasteiger charge is -2.27. The molecule has 1 N–H and O–H groups in total. The SMILES string of the molecule is CCCCCCOc1cc2c(cc1\C(C)=C/C=C/C(C)=C/C(=O)O)C(C)(C)CCCS2. The van der Waals surface area contributed by atoms with Gasteiger partial charge in [0.15, 0.2) is 0 Å². The largest absolute Gasteiger partial charge is 0.493 e. The van der Waals surface area contributed by atoms with Crippen LogP contribution in [-0.4, -0.2) is 23.4 Å². The molecule has 1 aromatic carbocycles. The first-order valence-electron chi connectivity index (χ1n) is 11.5. The van der Waals surface area contributed by atoms with Gasteiger partial charge in [0.25, 0.3) is 0 Å². The standard InChI is InChI=1S/C27H38O3S/c1-6-7-8-9-15-30-24-19-25-23(27(4,5)14-11-16-31-25)18-22(24)21(3)13-10-12-20(2)17-26(28)29/h10,12-13,17-19H,6-9,11,14-16H2,1-5H3,(H,28,29)/b12-10+,20-17+,21-13-. The van der Waals surface area contributed by atoms with Crippen LogP contribution in [0.1, 0.15) is 84.3 Å². The average molecular weight is 443 g/mol. The molecular formula is C27H38O3S. The number of thioether (sulfide) groups is 1. The minimum Gasteiger partial charge on any atom is -0.493 e. The number of ether oxygens (including phenoxy) is 1. The Labute approximate surface area is 192 Å². The second kappa shape index (κ2) is 12.2. The van der Waals surface area contributed by atoms with Crippen LogP contribution in [0.4, 0.5) is 0 Å². The Bertz CT molecular complexity index is 846. The predicted molar refractivity (Wildman–Crippen MR) is 133 cm³/mol. The smallest absolute Gasteiger partial charge is 0.328 e. The molecule has 1 aromatic rings. The maximum atomic E-state index is 10.8. The number of allylic oxidation sites excluding steroid dienone is 5. The molecule has 1 aliphatic heterocycles. The summed E-state index contributed by atoms with van der Waals surface area (Å²) in [5, 5.41) is 8.88. The molecule has 1 heterocycles. The summed E-state index contributed by atoms with van der Waals surface area (Å²) in [5.41, 5.74) is 4.51. The van der Waals surface area contributed by atoms with Crippen molar-refractivity contribution in [2.24, 2.45) is 0 Å². The van der Waals surface area contributed by atoms with Gasteiger partial charge in [0.2, 0.25) is 0 Å². The second-order valence-electron chi connectivity index (χ2n) is 9.02. The van der Waals surface area contributed by atoms with E-state index in [0.29, 0.717) is 5.57 Å². The average Bonchev–Trinajstić information content (AvgIpc) is 2.84. The molecule has 0 aromatic heterocycles. The molecule has 0 aliphatic carbocycles. The Hall–Kier alpha value is -1.94. The number of carboxylic acid groups (broad SMARTS) is 1. The number of hydrogen-bond acceptors (Lipinski definition) is 3. The van der Waals surface area contributed by atoms with Crippen LogP contribution < -0.4 is 4.74 Å². The molecule has 4 heteroatoms. The van der Waals surface area contributed by atoms with Gasteiger partial charge in [-0.1, -0.05) is 58.3 Å². The lowest BCUT2D eigenvalue weighted by molar-refractivity contribution is -0.131. The molecule has 31 heavy (non-hydrogen) atoms. The highest BCUT2D eigenvalue weighted by atomic mass is 32.2. The topological polar surface area (TPSA) is 46.5 Å². The van der Waals surface area contributed by atoms with Crippen molar-refractivity contribution in [2.75, 3.05) is 12.4 Å². The van der Waals surface area contributed by atoms with Crippen molar-refractivity contribution in [3.8, 4) is 5.75 Å². The third-order valence-corrected chi connectivity index (χ3v) is 6.89. The highest BCUT2D eigenvalue weighted by Gasteiger charge is 2.28. The van der Waals surface area contributed by atoms with Crippen molar-refractivity contribution < 1.29 is 14.6 Å². The molecule has 0 saturated carbocycles. The van der Waals surface area contributed by atoms with E-state index in [9.17, 15) is 4.79 Å². The van der Waals surface area contributed by atoms with E-state index >= 15 is 0 Å². The van der Waals surface area contributed by atoms with E-state index in [1.54, 1.807) is 6.92 Å². The van der Waals surface area contributed by atoms with Gasteiger partial charge >= 0.3 is 5.97 Å². The first-order chi connectivity index (χ1) is 14.7. The zero-order chi connectivity index (χ0) is 22.9. The number of carbonyl (C=O) groups is 1. The zero-order valence-electron chi connectivity index (χ0n) is 19.8. The lowest BCUT2D eigenvalue weighted by Crippen LogP contribution is -2.17. The number of aliphatic carboxylic acids is 1. The van der Waals surface area contributed by atoms with Gasteiger partial charge in [0.1, 0.15) is 5.75 Å². The number of unbranched alkanes of at least 4 members (excludes halogenated alkanes) is 3. The molecule has 0 saturated heterocycles. The molecule has 0 amide bonds. The van der Waals surface area contributed by atoms with Crippen molar-refractivity contribution in [1.29, 1.82) is 0 Å².